The monoisotopic (exact) mass is 427 g/mol. The molecule has 2 aliphatic carbocycles. The van der Waals surface area contributed by atoms with Crippen molar-refractivity contribution < 1.29 is 14.7 Å². The summed E-state index contributed by atoms with van der Waals surface area (Å²) in [5, 5.41) is 17.7. The van der Waals surface area contributed by atoms with Crippen molar-refractivity contribution in [2.75, 3.05) is 6.54 Å². The van der Waals surface area contributed by atoms with E-state index in [0.29, 0.717) is 13.0 Å². The summed E-state index contributed by atoms with van der Waals surface area (Å²) >= 11 is 0. The standard InChI is InChI=1S/C25H37N3O3/c1-25(31)16-17-28(24(30)26-20-14-6-3-7-15-20)21(18-10-4-2-5-11-18)22(25)27-23(29)19-12-8-9-13-19/h2,4-5,10-11,19-22,31H,3,6-9,12-17H2,1H3,(H,26,30)(H,27,29). The Hall–Kier alpha value is -2.08. The van der Waals surface area contributed by atoms with Gasteiger partial charge in [-0.05, 0) is 44.6 Å². The molecule has 1 saturated heterocycles. The fraction of sp³-hybridized carbons (Fsp3) is 0.680. The smallest absolute Gasteiger partial charge is 0.318 e. The maximum absolute atomic E-state index is 13.4. The van der Waals surface area contributed by atoms with Crippen LogP contribution in [0.1, 0.15) is 82.7 Å². The van der Waals surface area contributed by atoms with E-state index in [9.17, 15) is 14.7 Å². The van der Waals surface area contributed by atoms with E-state index in [1.807, 2.05) is 35.2 Å². The zero-order valence-electron chi connectivity index (χ0n) is 18.7. The Morgan fingerprint density at radius 1 is 0.968 bits per heavy atom. The molecule has 0 aromatic heterocycles. The van der Waals surface area contributed by atoms with Crippen LogP contribution < -0.4 is 10.6 Å². The van der Waals surface area contributed by atoms with Gasteiger partial charge < -0.3 is 20.6 Å². The van der Waals surface area contributed by atoms with Crippen molar-refractivity contribution in [3.8, 4) is 0 Å². The third-order valence-electron chi connectivity index (χ3n) is 7.54. The van der Waals surface area contributed by atoms with E-state index in [4.69, 9.17) is 0 Å². The minimum atomic E-state index is -1.09. The Balaban J connectivity index is 1.59. The molecular weight excluding hydrogens is 390 g/mol. The van der Waals surface area contributed by atoms with Gasteiger partial charge in [0.25, 0.3) is 0 Å². The van der Waals surface area contributed by atoms with Gasteiger partial charge in [-0.25, -0.2) is 4.79 Å². The van der Waals surface area contributed by atoms with E-state index in [-0.39, 0.29) is 23.9 Å². The molecule has 0 bridgehead atoms. The van der Waals surface area contributed by atoms with Gasteiger partial charge in [-0.1, -0.05) is 62.4 Å². The van der Waals surface area contributed by atoms with Gasteiger partial charge in [0, 0.05) is 18.5 Å². The lowest BCUT2D eigenvalue weighted by molar-refractivity contribution is -0.131. The zero-order chi connectivity index (χ0) is 21.8. The van der Waals surface area contributed by atoms with E-state index < -0.39 is 17.7 Å². The number of hydrogen-bond acceptors (Lipinski definition) is 3. The number of nitrogens with one attached hydrogen (secondary N) is 2. The van der Waals surface area contributed by atoms with Gasteiger partial charge in [0.15, 0.2) is 0 Å². The zero-order valence-corrected chi connectivity index (χ0v) is 18.7. The number of carbonyl (C=O) groups excluding carboxylic acids is 2. The van der Waals surface area contributed by atoms with Crippen LogP contribution in [0, 0.1) is 5.92 Å². The van der Waals surface area contributed by atoms with E-state index in [1.54, 1.807) is 6.92 Å². The highest BCUT2D eigenvalue weighted by molar-refractivity contribution is 5.80. The molecule has 2 saturated carbocycles. The highest BCUT2D eigenvalue weighted by atomic mass is 16.3. The van der Waals surface area contributed by atoms with Crippen LogP contribution in [0.3, 0.4) is 0 Å². The molecule has 6 nitrogen and oxygen atoms in total. The predicted molar refractivity (Wildman–Crippen MR) is 120 cm³/mol. The van der Waals surface area contributed by atoms with Crippen LogP contribution in [0.15, 0.2) is 30.3 Å². The Labute approximate surface area is 185 Å². The third-order valence-corrected chi connectivity index (χ3v) is 7.54. The lowest BCUT2D eigenvalue weighted by Gasteiger charge is -2.49. The maximum Gasteiger partial charge on any atom is 0.318 e. The highest BCUT2D eigenvalue weighted by Crippen LogP contribution is 2.38. The number of carbonyl (C=O) groups is 2. The van der Waals surface area contributed by atoms with E-state index in [1.165, 1.54) is 6.42 Å². The van der Waals surface area contributed by atoms with Crippen LogP contribution in [0.4, 0.5) is 4.79 Å². The van der Waals surface area contributed by atoms with Gasteiger partial charge in [0.2, 0.25) is 5.91 Å². The number of aliphatic hydroxyl groups is 1. The molecule has 1 aliphatic heterocycles. The SMILES string of the molecule is CC1(O)CCN(C(=O)NC2CCCCC2)C(c2ccccc2)C1NC(=O)C1CCCC1. The second-order valence-electron chi connectivity index (χ2n) is 9.91. The van der Waals surface area contributed by atoms with E-state index in [0.717, 1.165) is 56.9 Å². The summed E-state index contributed by atoms with van der Waals surface area (Å²) in [5.74, 6) is 0.0249. The normalized spacial score (nSPS) is 30.2. The molecule has 3 N–H and O–H groups in total. The molecule has 170 valence electrons. The quantitative estimate of drug-likeness (QED) is 0.682. The first kappa shape index (κ1) is 22.1. The first-order valence-electron chi connectivity index (χ1n) is 12.1. The summed E-state index contributed by atoms with van der Waals surface area (Å²) in [4.78, 5) is 28.2. The summed E-state index contributed by atoms with van der Waals surface area (Å²) in [6, 6.07) is 9.00. The largest absolute Gasteiger partial charge is 0.388 e. The van der Waals surface area contributed by atoms with Crippen LogP contribution in [0.2, 0.25) is 0 Å². The maximum atomic E-state index is 13.4. The first-order chi connectivity index (χ1) is 15.0. The molecule has 31 heavy (non-hydrogen) atoms. The second kappa shape index (κ2) is 9.60. The van der Waals surface area contributed by atoms with Crippen molar-refractivity contribution in [1.29, 1.82) is 0 Å². The van der Waals surface area contributed by atoms with Gasteiger partial charge in [-0.2, -0.15) is 0 Å². The van der Waals surface area contributed by atoms with E-state index in [2.05, 4.69) is 10.6 Å². The number of hydrogen-bond donors (Lipinski definition) is 3. The third kappa shape index (κ3) is 5.05. The van der Waals surface area contributed by atoms with Crippen molar-refractivity contribution in [1.82, 2.24) is 15.5 Å². The number of nitrogens with zero attached hydrogens (tertiary/aromatic N) is 1. The fourth-order valence-corrected chi connectivity index (χ4v) is 5.61. The fourth-order valence-electron chi connectivity index (χ4n) is 5.61. The number of piperidine rings is 1. The molecule has 6 heteroatoms. The van der Waals surface area contributed by atoms with Gasteiger partial charge in [0.1, 0.15) is 0 Å². The Bertz CT molecular complexity index is 755. The van der Waals surface area contributed by atoms with Crippen molar-refractivity contribution in [2.24, 2.45) is 5.92 Å². The molecule has 3 aliphatic rings. The minimum absolute atomic E-state index is 0.0123. The average molecular weight is 428 g/mol. The van der Waals surface area contributed by atoms with E-state index >= 15 is 0 Å². The Morgan fingerprint density at radius 3 is 2.29 bits per heavy atom. The molecule has 3 unspecified atom stereocenters. The first-order valence-corrected chi connectivity index (χ1v) is 12.1. The number of amides is 3. The van der Waals surface area contributed by atoms with Crippen molar-refractivity contribution >= 4 is 11.9 Å². The molecule has 3 fully saturated rings. The second-order valence-corrected chi connectivity index (χ2v) is 9.91. The molecule has 4 rings (SSSR count). The number of urea groups is 1. The molecule has 1 heterocycles. The molecule has 1 aromatic carbocycles. The van der Waals surface area contributed by atoms with Crippen LogP contribution in [-0.4, -0.2) is 46.2 Å². The summed E-state index contributed by atoms with van der Waals surface area (Å²) in [6.07, 6.45) is 10.00. The summed E-state index contributed by atoms with van der Waals surface area (Å²) in [7, 11) is 0. The van der Waals surface area contributed by atoms with Crippen LogP contribution in [0.25, 0.3) is 0 Å². The van der Waals surface area contributed by atoms with Crippen LogP contribution in [-0.2, 0) is 4.79 Å². The lowest BCUT2D eigenvalue weighted by Crippen LogP contribution is -2.65. The molecule has 1 aromatic rings. The summed E-state index contributed by atoms with van der Waals surface area (Å²) in [5.41, 5.74) is -0.144. The predicted octanol–water partition coefficient (Wildman–Crippen LogP) is 3.90. The Kier molecular flexibility index (Phi) is 6.85. The molecule has 3 amide bonds. The van der Waals surface area contributed by atoms with Crippen molar-refractivity contribution in [3.63, 3.8) is 0 Å². The lowest BCUT2D eigenvalue weighted by atomic mass is 9.79. The average Bonchev–Trinajstić information content (AvgIpc) is 3.31. The molecule has 3 atom stereocenters. The van der Waals surface area contributed by atoms with Gasteiger partial charge in [-0.15, -0.1) is 0 Å². The Morgan fingerprint density at radius 2 is 1.61 bits per heavy atom. The number of likely N-dealkylation sites (tertiary alicyclic amines) is 1. The van der Waals surface area contributed by atoms with Gasteiger partial charge in [0.05, 0.1) is 17.7 Å². The molecular formula is C25H37N3O3. The highest BCUT2D eigenvalue weighted by Gasteiger charge is 2.48. The van der Waals surface area contributed by atoms with Gasteiger partial charge in [-0.3, -0.25) is 4.79 Å². The molecule has 0 spiro atoms. The summed E-state index contributed by atoms with van der Waals surface area (Å²) in [6.45, 7) is 2.25. The van der Waals surface area contributed by atoms with Crippen LogP contribution in [0.5, 0.6) is 0 Å². The minimum Gasteiger partial charge on any atom is -0.388 e. The van der Waals surface area contributed by atoms with Crippen molar-refractivity contribution in [2.45, 2.75) is 94.9 Å². The van der Waals surface area contributed by atoms with Gasteiger partial charge >= 0.3 is 6.03 Å². The summed E-state index contributed by atoms with van der Waals surface area (Å²) < 4.78 is 0. The topological polar surface area (TPSA) is 81.7 Å². The van der Waals surface area contributed by atoms with Crippen molar-refractivity contribution in [3.05, 3.63) is 35.9 Å². The number of benzene rings is 1. The molecule has 0 radical (unpaired) electrons. The van der Waals surface area contributed by atoms with Crippen LogP contribution >= 0.6 is 0 Å². The number of rotatable bonds is 4.